The first kappa shape index (κ1) is 26.8. The van der Waals surface area contributed by atoms with Crippen molar-refractivity contribution in [1.29, 1.82) is 0 Å². The monoisotopic (exact) mass is 545 g/mol. The van der Waals surface area contributed by atoms with Gasteiger partial charge >= 0.3 is 6.18 Å². The van der Waals surface area contributed by atoms with Gasteiger partial charge < -0.3 is 24.8 Å². The molecule has 1 heterocycles. The number of guanidine groups is 1. The zero-order valence-electron chi connectivity index (χ0n) is 17.4. The summed E-state index contributed by atoms with van der Waals surface area (Å²) in [7, 11) is 2.92. The Labute approximate surface area is 193 Å². The van der Waals surface area contributed by atoms with Crippen molar-refractivity contribution in [3.05, 3.63) is 29.3 Å². The van der Waals surface area contributed by atoms with Crippen molar-refractivity contribution in [2.75, 3.05) is 47.1 Å². The number of rotatable bonds is 9. The molecule has 1 saturated heterocycles. The van der Waals surface area contributed by atoms with E-state index < -0.39 is 11.7 Å². The summed E-state index contributed by atoms with van der Waals surface area (Å²) in [6, 6.07) is 3.92. The van der Waals surface area contributed by atoms with Crippen LogP contribution in [0.25, 0.3) is 0 Å². The molecule has 0 saturated carbocycles. The van der Waals surface area contributed by atoms with E-state index in [-0.39, 0.29) is 41.8 Å². The number of nitrogens with zero attached hydrogens (tertiary/aromatic N) is 1. The maximum absolute atomic E-state index is 13.3. The predicted molar refractivity (Wildman–Crippen MR) is 121 cm³/mol. The van der Waals surface area contributed by atoms with Crippen LogP contribution in [0.1, 0.15) is 30.4 Å². The topological polar surface area (TPSA) is 64.1 Å². The Kier molecular flexibility index (Phi) is 12.4. The molecule has 2 rings (SSSR count). The number of halogens is 4. The molecule has 0 bridgehead atoms. The van der Waals surface area contributed by atoms with Gasteiger partial charge in [-0.1, -0.05) is 6.07 Å². The first-order valence-electron chi connectivity index (χ1n) is 9.78. The lowest BCUT2D eigenvalue weighted by molar-refractivity contribution is -0.138. The number of methoxy groups -OCH3 is 1. The van der Waals surface area contributed by atoms with E-state index in [9.17, 15) is 13.2 Å². The van der Waals surface area contributed by atoms with Crippen LogP contribution in [-0.2, 0) is 22.2 Å². The zero-order chi connectivity index (χ0) is 21.1. The minimum atomic E-state index is -4.45. The van der Waals surface area contributed by atoms with Crippen molar-refractivity contribution in [1.82, 2.24) is 10.6 Å². The van der Waals surface area contributed by atoms with Gasteiger partial charge in [-0.05, 0) is 42.9 Å². The lowest BCUT2D eigenvalue weighted by Gasteiger charge is -2.21. The third-order valence-corrected chi connectivity index (χ3v) is 4.74. The fourth-order valence-electron chi connectivity index (χ4n) is 3.04. The molecule has 2 N–H and O–H groups in total. The highest BCUT2D eigenvalue weighted by Crippen LogP contribution is 2.34. The molecule has 0 amide bonds. The van der Waals surface area contributed by atoms with Gasteiger partial charge in [0.05, 0.1) is 12.7 Å². The molecule has 1 fully saturated rings. The largest absolute Gasteiger partial charge is 0.497 e. The van der Waals surface area contributed by atoms with Crippen LogP contribution in [0.5, 0.6) is 5.75 Å². The van der Waals surface area contributed by atoms with Gasteiger partial charge in [-0.3, -0.25) is 4.99 Å². The molecule has 10 heteroatoms. The summed E-state index contributed by atoms with van der Waals surface area (Å²) < 4.78 is 55.8. The van der Waals surface area contributed by atoms with Gasteiger partial charge in [-0.2, -0.15) is 13.2 Å². The molecule has 0 aliphatic carbocycles. The second-order valence-electron chi connectivity index (χ2n) is 6.86. The maximum atomic E-state index is 13.3. The zero-order valence-corrected chi connectivity index (χ0v) is 19.7. The summed E-state index contributed by atoms with van der Waals surface area (Å²) in [5.74, 6) is 1.18. The highest BCUT2D eigenvalue weighted by Gasteiger charge is 2.33. The van der Waals surface area contributed by atoms with E-state index in [4.69, 9.17) is 14.2 Å². The van der Waals surface area contributed by atoms with Crippen LogP contribution in [0.3, 0.4) is 0 Å². The van der Waals surface area contributed by atoms with Gasteiger partial charge in [0.2, 0.25) is 0 Å². The fourth-order valence-corrected chi connectivity index (χ4v) is 3.04. The number of ether oxygens (including phenoxy) is 3. The van der Waals surface area contributed by atoms with Crippen molar-refractivity contribution in [3.8, 4) is 5.75 Å². The maximum Gasteiger partial charge on any atom is 0.416 e. The average molecular weight is 545 g/mol. The highest BCUT2D eigenvalue weighted by atomic mass is 127. The standard InChI is InChI=1S/C20H30F3N3O3.HI/c1-24-19(25-8-3-9-29-14-15-6-10-28-11-7-15)26-13-16-4-5-17(27-2)12-18(16)20(21,22)23;/h4-5,12,15H,3,6-11,13-14H2,1-2H3,(H2,24,25,26);1H. The average Bonchev–Trinajstić information content (AvgIpc) is 2.72. The van der Waals surface area contributed by atoms with E-state index >= 15 is 0 Å². The Hall–Kier alpha value is -1.27. The fraction of sp³-hybridized carbons (Fsp3) is 0.650. The summed E-state index contributed by atoms with van der Waals surface area (Å²) in [6.07, 6.45) is -1.59. The van der Waals surface area contributed by atoms with Crippen molar-refractivity contribution >= 4 is 29.9 Å². The molecule has 172 valence electrons. The minimum absolute atomic E-state index is 0. The molecular formula is C20H31F3IN3O3. The molecule has 1 aromatic carbocycles. The molecule has 6 nitrogen and oxygen atoms in total. The first-order valence-corrected chi connectivity index (χ1v) is 9.78. The highest BCUT2D eigenvalue weighted by molar-refractivity contribution is 14.0. The summed E-state index contributed by atoms with van der Waals surface area (Å²) >= 11 is 0. The van der Waals surface area contributed by atoms with E-state index in [0.717, 1.165) is 45.1 Å². The van der Waals surface area contributed by atoms with Crippen LogP contribution in [0.15, 0.2) is 23.2 Å². The van der Waals surface area contributed by atoms with Gasteiger partial charge in [-0.25, -0.2) is 0 Å². The van der Waals surface area contributed by atoms with Crippen LogP contribution in [0.4, 0.5) is 13.2 Å². The van der Waals surface area contributed by atoms with Crippen LogP contribution < -0.4 is 15.4 Å². The Morgan fingerprint density at radius 3 is 2.60 bits per heavy atom. The van der Waals surface area contributed by atoms with Gasteiger partial charge in [0.25, 0.3) is 0 Å². The molecule has 0 atom stereocenters. The Morgan fingerprint density at radius 2 is 1.97 bits per heavy atom. The molecule has 30 heavy (non-hydrogen) atoms. The third-order valence-electron chi connectivity index (χ3n) is 4.74. The van der Waals surface area contributed by atoms with E-state index in [1.54, 1.807) is 7.05 Å². The normalized spacial score (nSPS) is 15.4. The van der Waals surface area contributed by atoms with Crippen molar-refractivity contribution < 1.29 is 27.4 Å². The summed E-state index contributed by atoms with van der Waals surface area (Å²) in [5, 5.41) is 6.01. The second-order valence-corrected chi connectivity index (χ2v) is 6.86. The quantitative estimate of drug-likeness (QED) is 0.214. The Balaban J connectivity index is 0.00000450. The molecule has 0 spiro atoms. The molecule has 0 unspecified atom stereocenters. The number of hydrogen-bond donors (Lipinski definition) is 2. The lowest BCUT2D eigenvalue weighted by Crippen LogP contribution is -2.38. The summed E-state index contributed by atoms with van der Waals surface area (Å²) in [4.78, 5) is 4.05. The van der Waals surface area contributed by atoms with E-state index in [1.165, 1.54) is 19.2 Å². The van der Waals surface area contributed by atoms with Crippen LogP contribution in [0, 0.1) is 5.92 Å². The number of benzene rings is 1. The summed E-state index contributed by atoms with van der Waals surface area (Å²) in [6.45, 7) is 3.59. The number of alkyl halides is 3. The van der Waals surface area contributed by atoms with Crippen molar-refractivity contribution in [2.24, 2.45) is 10.9 Å². The molecule has 1 aliphatic rings. The molecular weight excluding hydrogens is 514 g/mol. The first-order chi connectivity index (χ1) is 13.9. The SMILES string of the molecule is CN=C(NCCCOCC1CCOCC1)NCc1ccc(OC)cc1C(F)(F)F.I. The van der Waals surface area contributed by atoms with Gasteiger partial charge in [0, 0.05) is 46.6 Å². The molecule has 1 aliphatic heterocycles. The van der Waals surface area contributed by atoms with Gasteiger partial charge in [0.15, 0.2) is 5.96 Å². The van der Waals surface area contributed by atoms with Crippen LogP contribution >= 0.6 is 24.0 Å². The second kappa shape index (κ2) is 13.9. The smallest absolute Gasteiger partial charge is 0.416 e. The Morgan fingerprint density at radius 1 is 1.23 bits per heavy atom. The van der Waals surface area contributed by atoms with E-state index in [2.05, 4.69) is 15.6 Å². The Bertz CT molecular complexity index is 654. The third kappa shape index (κ3) is 9.25. The van der Waals surface area contributed by atoms with E-state index in [1.807, 2.05) is 0 Å². The summed E-state index contributed by atoms with van der Waals surface area (Å²) in [5.41, 5.74) is -0.595. The van der Waals surface area contributed by atoms with Crippen molar-refractivity contribution in [2.45, 2.75) is 32.0 Å². The number of nitrogens with one attached hydrogen (secondary N) is 2. The molecule has 0 radical (unpaired) electrons. The van der Waals surface area contributed by atoms with Crippen LogP contribution in [0.2, 0.25) is 0 Å². The van der Waals surface area contributed by atoms with Crippen LogP contribution in [-0.4, -0.2) is 53.1 Å². The van der Waals surface area contributed by atoms with Crippen molar-refractivity contribution in [3.63, 3.8) is 0 Å². The molecule has 1 aromatic rings. The lowest BCUT2D eigenvalue weighted by atomic mass is 10.0. The number of hydrogen-bond acceptors (Lipinski definition) is 4. The predicted octanol–water partition coefficient (Wildman–Crippen LogP) is 3.83. The van der Waals surface area contributed by atoms with Gasteiger partial charge in [-0.15, -0.1) is 24.0 Å². The number of aliphatic imine (C=N–C) groups is 1. The van der Waals surface area contributed by atoms with Gasteiger partial charge in [0.1, 0.15) is 5.75 Å². The molecule has 0 aromatic heterocycles. The van der Waals surface area contributed by atoms with E-state index in [0.29, 0.717) is 25.0 Å². The minimum Gasteiger partial charge on any atom is -0.497 e.